The molecule has 3 saturated heterocycles. The van der Waals surface area contributed by atoms with Gasteiger partial charge in [0.1, 0.15) is 6.61 Å². The van der Waals surface area contributed by atoms with Gasteiger partial charge in [-0.2, -0.15) is 0 Å². The van der Waals surface area contributed by atoms with E-state index in [9.17, 15) is 4.57 Å². The second-order valence-corrected chi connectivity index (χ2v) is 13.6. The van der Waals surface area contributed by atoms with Gasteiger partial charge in [0.2, 0.25) is 13.9 Å². The minimum absolute atomic E-state index is 0.0229. The van der Waals surface area contributed by atoms with Gasteiger partial charge in [-0.15, -0.1) is 0 Å². The van der Waals surface area contributed by atoms with Crippen LogP contribution in [0.5, 0.6) is 0 Å². The van der Waals surface area contributed by atoms with Gasteiger partial charge in [-0.05, 0) is 66.2 Å². The summed E-state index contributed by atoms with van der Waals surface area (Å²) in [6, 6.07) is 0.332. The van der Waals surface area contributed by atoms with Crippen molar-refractivity contribution in [3.05, 3.63) is 11.4 Å². The van der Waals surface area contributed by atoms with Crippen molar-refractivity contribution in [1.82, 2.24) is 4.67 Å². The Balaban J connectivity index is 1.72. The van der Waals surface area contributed by atoms with Crippen LogP contribution < -0.4 is 0 Å². The SMILES string of the molecule is [2H]C[C@H]1O[C@H]([3H])C[C@@H]1O[P@]1(=O)CCC[C@@H]([C@H]2O[C@H]([3H])C[C@@H]2OP(OCC[N+]#[C-])N(C(C)C)C(C)C)C1. The maximum Gasteiger partial charge on any atom is 0.259 e. The van der Waals surface area contributed by atoms with Crippen LogP contribution in [0, 0.1) is 12.5 Å². The monoisotopic (exact) mass is 509 g/mol. The second-order valence-electron chi connectivity index (χ2n) is 9.51. The molecule has 0 saturated carbocycles. The van der Waals surface area contributed by atoms with Crippen LogP contribution in [0.1, 0.15) is 64.4 Å². The molecule has 3 fully saturated rings. The third-order valence-corrected chi connectivity index (χ3v) is 11.1. The molecule has 3 rings (SSSR count). The van der Waals surface area contributed by atoms with Crippen molar-refractivity contribution < 1.29 is 31.7 Å². The van der Waals surface area contributed by atoms with E-state index in [4.69, 9.17) is 33.7 Å². The van der Waals surface area contributed by atoms with E-state index in [1.165, 1.54) is 0 Å². The van der Waals surface area contributed by atoms with Crippen LogP contribution in [-0.2, 0) is 27.6 Å². The predicted octanol–water partition coefficient (Wildman–Crippen LogP) is 5.32. The highest BCUT2D eigenvalue weighted by molar-refractivity contribution is 7.59. The Morgan fingerprint density at radius 1 is 1.24 bits per heavy atom. The Bertz CT molecular complexity index is 783. The molecule has 0 aromatic rings. The first-order valence-electron chi connectivity index (χ1n) is 13.9. The maximum atomic E-state index is 13.8. The molecule has 0 N–H and O–H groups in total. The van der Waals surface area contributed by atoms with Gasteiger partial charge < -0.3 is 27.9 Å². The van der Waals surface area contributed by atoms with Crippen molar-refractivity contribution >= 4 is 15.9 Å². The van der Waals surface area contributed by atoms with Crippen LogP contribution in [-0.4, -0.2) is 79.8 Å². The van der Waals surface area contributed by atoms with Crippen molar-refractivity contribution in [2.75, 3.05) is 38.6 Å². The van der Waals surface area contributed by atoms with E-state index in [1.54, 1.807) is 0 Å². The Labute approximate surface area is 205 Å². The van der Waals surface area contributed by atoms with Crippen LogP contribution in [0.15, 0.2) is 0 Å². The summed E-state index contributed by atoms with van der Waals surface area (Å²) in [4.78, 5) is 3.39. The maximum absolute atomic E-state index is 13.8. The summed E-state index contributed by atoms with van der Waals surface area (Å²) in [5.41, 5.74) is 0. The Morgan fingerprint density at radius 2 is 1.97 bits per heavy atom. The molecule has 10 heteroatoms. The minimum Gasteiger partial charge on any atom is -0.376 e. The molecule has 0 amide bonds. The van der Waals surface area contributed by atoms with Gasteiger partial charge in [-0.1, -0.05) is 0 Å². The lowest BCUT2D eigenvalue weighted by Crippen LogP contribution is -2.39. The van der Waals surface area contributed by atoms with Crippen LogP contribution in [0.4, 0.5) is 0 Å². The van der Waals surface area contributed by atoms with Gasteiger partial charge in [0.25, 0.3) is 8.53 Å². The molecule has 1 unspecified atom stereocenters. The zero-order valence-corrected chi connectivity index (χ0v) is 22.1. The number of ether oxygens (including phenoxy) is 2. The van der Waals surface area contributed by atoms with E-state index < -0.39 is 47.4 Å². The molecule has 3 aliphatic rings. The number of hydrogen-bond donors (Lipinski definition) is 0. The van der Waals surface area contributed by atoms with E-state index in [0.29, 0.717) is 25.2 Å². The zero-order valence-electron chi connectivity index (χ0n) is 23.3. The quantitative estimate of drug-likeness (QED) is 0.212. The lowest BCUT2D eigenvalue weighted by Gasteiger charge is -2.39. The molecule has 190 valence electrons. The third-order valence-electron chi connectivity index (χ3n) is 6.22. The molecule has 0 aliphatic carbocycles. The Kier molecular flexibility index (Phi) is 9.01. The summed E-state index contributed by atoms with van der Waals surface area (Å²) in [7, 11) is -4.49. The van der Waals surface area contributed by atoms with Crippen molar-refractivity contribution in [3.8, 4) is 0 Å². The van der Waals surface area contributed by atoms with Crippen molar-refractivity contribution in [1.29, 1.82) is 0 Å². The molecule has 0 spiro atoms. The van der Waals surface area contributed by atoms with Gasteiger partial charge in [0.05, 0.1) is 27.2 Å². The van der Waals surface area contributed by atoms with Gasteiger partial charge in [0.15, 0.2) is 0 Å². The highest BCUT2D eigenvalue weighted by atomic mass is 31.2. The molecule has 0 radical (unpaired) electrons. The van der Waals surface area contributed by atoms with Gasteiger partial charge in [-0.25, -0.2) is 11.2 Å². The average Bonchev–Trinajstić information content (AvgIpc) is 3.33. The van der Waals surface area contributed by atoms with E-state index in [1.807, 2.05) is 0 Å². The Hall–Kier alpha value is -0.0900. The molecule has 0 bridgehead atoms. The van der Waals surface area contributed by atoms with Crippen molar-refractivity contribution in [3.63, 3.8) is 0 Å². The predicted molar refractivity (Wildman–Crippen MR) is 131 cm³/mol. The molecule has 33 heavy (non-hydrogen) atoms. The van der Waals surface area contributed by atoms with Crippen LogP contribution in [0.25, 0.3) is 4.85 Å². The first-order valence-corrected chi connectivity index (χ1v) is 15.1. The van der Waals surface area contributed by atoms with Crippen LogP contribution >= 0.6 is 15.9 Å². The summed E-state index contributed by atoms with van der Waals surface area (Å²) in [5.74, 6) is -0.0832. The number of rotatable bonds is 11. The first-order chi connectivity index (χ1) is 17.1. The average molecular weight is 510 g/mol. The lowest BCUT2D eigenvalue weighted by atomic mass is 9.95. The molecular weight excluding hydrogens is 462 g/mol. The van der Waals surface area contributed by atoms with Crippen LogP contribution in [0.2, 0.25) is 0 Å². The van der Waals surface area contributed by atoms with Gasteiger partial charge in [0, 0.05) is 38.9 Å². The zero-order chi connectivity index (χ0) is 26.5. The van der Waals surface area contributed by atoms with Crippen molar-refractivity contribution in [2.45, 2.75) is 96.8 Å². The molecule has 0 aromatic heterocycles. The van der Waals surface area contributed by atoms with E-state index in [-0.39, 0.29) is 44.2 Å². The first kappa shape index (κ1) is 23.3. The highest BCUT2D eigenvalue weighted by Crippen LogP contribution is 2.57. The minimum atomic E-state index is -3.01. The fourth-order valence-corrected chi connectivity index (χ4v) is 9.37. The highest BCUT2D eigenvalue weighted by Gasteiger charge is 2.45. The lowest BCUT2D eigenvalue weighted by molar-refractivity contribution is 0.00525. The number of hydrogen-bond acceptors (Lipinski definition) is 7. The molecule has 9 atom stereocenters. The summed E-state index contributed by atoms with van der Waals surface area (Å²) in [6.45, 7) is 14.4. The van der Waals surface area contributed by atoms with E-state index in [2.05, 4.69) is 37.2 Å². The molecule has 3 aliphatic heterocycles. The van der Waals surface area contributed by atoms with Gasteiger partial charge >= 0.3 is 0 Å². The second kappa shape index (κ2) is 12.7. The number of nitrogens with zero attached hydrogens (tertiary/aromatic N) is 2. The largest absolute Gasteiger partial charge is 0.376 e. The summed E-state index contributed by atoms with van der Waals surface area (Å²) in [6.07, 6.45) is 1.27. The summed E-state index contributed by atoms with van der Waals surface area (Å²) >= 11 is 0. The molecule has 3 heterocycles. The smallest absolute Gasteiger partial charge is 0.259 e. The fraction of sp³-hybridized carbons (Fsp3) is 0.957. The standard InChI is InChI=1S/C23H42N2O6P2/c1-17(2)25(18(3)4)32(29-14-11-24-6)30-22-10-13-28-23(22)20-8-7-15-33(26,16-20)31-21-9-12-27-19(21)5/h17-23H,7-16H2,1-5H3/t19-,20-,21+,22+,23-,32?,33-/m1/s1/i5D,12T,13T/t12-,13-,19-,20-,21+,22+,23-,32?,33-. The molecule has 8 nitrogen and oxygen atoms in total. The third kappa shape index (κ3) is 7.45. The normalized spacial score (nSPS) is 41.8. The summed E-state index contributed by atoms with van der Waals surface area (Å²) < 4.78 is 70.0. The Morgan fingerprint density at radius 3 is 2.67 bits per heavy atom. The topological polar surface area (TPSA) is 70.8 Å². The van der Waals surface area contributed by atoms with E-state index >= 15 is 0 Å². The van der Waals surface area contributed by atoms with Crippen LogP contribution in [0.3, 0.4) is 0 Å². The summed E-state index contributed by atoms with van der Waals surface area (Å²) in [5, 5.41) is 0. The van der Waals surface area contributed by atoms with Crippen molar-refractivity contribution in [2.24, 2.45) is 5.92 Å². The molecular formula is C23H42N2O6P2. The fourth-order valence-electron chi connectivity index (χ4n) is 4.78. The van der Waals surface area contributed by atoms with Gasteiger partial charge in [-0.3, -0.25) is 4.57 Å². The van der Waals surface area contributed by atoms with E-state index in [0.717, 1.165) is 12.8 Å². The molecule has 0 aromatic carbocycles.